The Labute approximate surface area is 127 Å². The van der Waals surface area contributed by atoms with E-state index in [1.54, 1.807) is 0 Å². The van der Waals surface area contributed by atoms with Gasteiger partial charge in [-0.25, -0.2) is 0 Å². The van der Waals surface area contributed by atoms with Crippen molar-refractivity contribution in [2.45, 2.75) is 19.3 Å². The van der Waals surface area contributed by atoms with E-state index in [1.807, 2.05) is 18.2 Å². The van der Waals surface area contributed by atoms with Crippen molar-refractivity contribution in [3.05, 3.63) is 28.2 Å². The summed E-state index contributed by atoms with van der Waals surface area (Å²) in [7, 11) is 0. The largest absolute Gasteiger partial charge is 0.409 e. The van der Waals surface area contributed by atoms with Gasteiger partial charge in [0.05, 0.1) is 5.56 Å². The second kappa shape index (κ2) is 6.95. The monoisotopic (exact) mass is 341 g/mol. The molecule has 1 heterocycles. The minimum absolute atomic E-state index is 0.108. The molecule has 0 aliphatic carbocycles. The molecule has 0 radical (unpaired) electrons. The maximum Gasteiger partial charge on any atom is 0.173 e. The summed E-state index contributed by atoms with van der Waals surface area (Å²) in [5.41, 5.74) is 7.49. The van der Waals surface area contributed by atoms with E-state index >= 15 is 0 Å². The average molecular weight is 342 g/mol. The van der Waals surface area contributed by atoms with E-state index in [4.69, 9.17) is 16.0 Å². The SMILES string of the molecule is N/C(=N/O)c1c(Br)cccc1N1CCCC(CCO)C1. The molecule has 0 bridgehead atoms. The number of hydrogen-bond donors (Lipinski definition) is 3. The molecule has 6 heteroatoms. The van der Waals surface area contributed by atoms with Crippen molar-refractivity contribution in [3.8, 4) is 0 Å². The molecule has 1 saturated heterocycles. The summed E-state index contributed by atoms with van der Waals surface area (Å²) in [6.45, 7) is 2.07. The minimum Gasteiger partial charge on any atom is -0.409 e. The molecular formula is C14H20BrN3O2. The van der Waals surface area contributed by atoms with Crippen LogP contribution >= 0.6 is 15.9 Å². The van der Waals surface area contributed by atoms with Crippen LogP contribution in [-0.2, 0) is 0 Å². The third-order valence-electron chi connectivity index (χ3n) is 3.75. The normalized spacial score (nSPS) is 20.2. The van der Waals surface area contributed by atoms with Gasteiger partial charge in [-0.2, -0.15) is 0 Å². The zero-order valence-electron chi connectivity index (χ0n) is 11.3. The van der Waals surface area contributed by atoms with Crippen molar-refractivity contribution in [1.29, 1.82) is 0 Å². The third-order valence-corrected chi connectivity index (χ3v) is 4.41. The number of nitrogens with zero attached hydrogens (tertiary/aromatic N) is 2. The highest BCUT2D eigenvalue weighted by Gasteiger charge is 2.23. The maximum absolute atomic E-state index is 9.10. The van der Waals surface area contributed by atoms with Gasteiger partial charge in [-0.15, -0.1) is 0 Å². The van der Waals surface area contributed by atoms with E-state index < -0.39 is 0 Å². The molecule has 1 aliphatic rings. The van der Waals surface area contributed by atoms with Crippen LogP contribution in [-0.4, -0.2) is 35.8 Å². The van der Waals surface area contributed by atoms with Gasteiger partial charge in [-0.05, 0) is 53.2 Å². The van der Waals surface area contributed by atoms with Gasteiger partial charge in [0.25, 0.3) is 0 Å². The predicted octanol–water partition coefficient (Wildman–Crippen LogP) is 2.14. The lowest BCUT2D eigenvalue weighted by molar-refractivity contribution is 0.244. The summed E-state index contributed by atoms with van der Waals surface area (Å²) in [5.74, 6) is 0.602. The molecule has 0 amide bonds. The minimum atomic E-state index is 0.108. The van der Waals surface area contributed by atoms with Crippen LogP contribution in [0.15, 0.2) is 27.8 Å². The van der Waals surface area contributed by atoms with Gasteiger partial charge in [0.2, 0.25) is 0 Å². The first-order chi connectivity index (χ1) is 9.67. The fraction of sp³-hybridized carbons (Fsp3) is 0.500. The predicted molar refractivity (Wildman–Crippen MR) is 83.3 cm³/mol. The lowest BCUT2D eigenvalue weighted by Gasteiger charge is -2.35. The molecule has 1 aromatic carbocycles. The molecule has 1 fully saturated rings. The molecule has 1 unspecified atom stereocenters. The van der Waals surface area contributed by atoms with Gasteiger partial charge in [-0.1, -0.05) is 11.2 Å². The van der Waals surface area contributed by atoms with Gasteiger partial charge in [-0.3, -0.25) is 0 Å². The number of piperidine rings is 1. The number of aliphatic hydroxyl groups excluding tert-OH is 1. The van der Waals surface area contributed by atoms with E-state index in [0.717, 1.165) is 48.1 Å². The molecule has 1 aliphatic heterocycles. The van der Waals surface area contributed by atoms with E-state index in [1.165, 1.54) is 0 Å². The number of aliphatic hydroxyl groups is 1. The summed E-state index contributed by atoms with van der Waals surface area (Å²) < 4.78 is 0.814. The number of oxime groups is 1. The first-order valence-electron chi connectivity index (χ1n) is 6.79. The van der Waals surface area contributed by atoms with Crippen LogP contribution in [0.1, 0.15) is 24.8 Å². The van der Waals surface area contributed by atoms with Gasteiger partial charge >= 0.3 is 0 Å². The second-order valence-corrected chi connectivity index (χ2v) is 5.94. The summed E-state index contributed by atoms with van der Waals surface area (Å²) in [6, 6.07) is 5.81. The first kappa shape index (κ1) is 15.1. The molecule has 2 rings (SSSR count). The van der Waals surface area contributed by atoms with Crippen molar-refractivity contribution in [3.63, 3.8) is 0 Å². The Morgan fingerprint density at radius 1 is 1.50 bits per heavy atom. The number of halogens is 1. The molecule has 5 nitrogen and oxygen atoms in total. The fourth-order valence-corrected chi connectivity index (χ4v) is 3.34. The van der Waals surface area contributed by atoms with Crippen molar-refractivity contribution < 1.29 is 10.3 Å². The van der Waals surface area contributed by atoms with Crippen LogP contribution < -0.4 is 10.6 Å². The van der Waals surface area contributed by atoms with E-state index in [-0.39, 0.29) is 12.4 Å². The Bertz CT molecular complexity index is 491. The Morgan fingerprint density at radius 2 is 2.30 bits per heavy atom. The number of amidine groups is 1. The van der Waals surface area contributed by atoms with E-state index in [9.17, 15) is 0 Å². The van der Waals surface area contributed by atoms with Crippen molar-refractivity contribution >= 4 is 27.5 Å². The summed E-state index contributed by atoms with van der Waals surface area (Å²) >= 11 is 3.46. The molecule has 1 aromatic rings. The second-order valence-electron chi connectivity index (χ2n) is 5.09. The van der Waals surface area contributed by atoms with Crippen LogP contribution in [0, 0.1) is 5.92 Å². The fourth-order valence-electron chi connectivity index (χ4n) is 2.78. The zero-order chi connectivity index (χ0) is 14.5. The quantitative estimate of drug-likeness (QED) is 0.339. The van der Waals surface area contributed by atoms with Crippen molar-refractivity contribution in [2.75, 3.05) is 24.6 Å². The molecule has 0 spiro atoms. The van der Waals surface area contributed by atoms with Crippen LogP contribution in [0.4, 0.5) is 5.69 Å². The van der Waals surface area contributed by atoms with Crippen molar-refractivity contribution in [2.24, 2.45) is 16.8 Å². The number of anilines is 1. The number of rotatable bonds is 4. The molecule has 0 saturated carbocycles. The Hall–Kier alpha value is -1.27. The van der Waals surface area contributed by atoms with Gasteiger partial charge in [0.1, 0.15) is 0 Å². The summed E-state index contributed by atoms with van der Waals surface area (Å²) in [6.07, 6.45) is 3.06. The molecule has 4 N–H and O–H groups in total. The number of hydrogen-bond acceptors (Lipinski definition) is 4. The molecule has 1 atom stereocenters. The number of benzene rings is 1. The highest BCUT2D eigenvalue weighted by Crippen LogP contribution is 2.31. The van der Waals surface area contributed by atoms with Crippen LogP contribution in [0.5, 0.6) is 0 Å². The van der Waals surface area contributed by atoms with E-state index in [2.05, 4.69) is 26.0 Å². The highest BCUT2D eigenvalue weighted by molar-refractivity contribution is 9.10. The maximum atomic E-state index is 9.10. The average Bonchev–Trinajstić information content (AvgIpc) is 2.47. The Balaban J connectivity index is 2.30. The Kier molecular flexibility index (Phi) is 5.25. The lowest BCUT2D eigenvalue weighted by atomic mass is 9.94. The Morgan fingerprint density at radius 3 is 3.00 bits per heavy atom. The van der Waals surface area contributed by atoms with Gasteiger partial charge < -0.3 is 20.9 Å². The smallest absolute Gasteiger partial charge is 0.173 e. The molecule has 20 heavy (non-hydrogen) atoms. The van der Waals surface area contributed by atoms with E-state index in [0.29, 0.717) is 5.92 Å². The van der Waals surface area contributed by atoms with Crippen molar-refractivity contribution in [1.82, 2.24) is 0 Å². The summed E-state index contributed by atoms with van der Waals surface area (Å²) in [4.78, 5) is 2.25. The topological polar surface area (TPSA) is 82.1 Å². The van der Waals surface area contributed by atoms with Gasteiger partial charge in [0.15, 0.2) is 5.84 Å². The first-order valence-corrected chi connectivity index (χ1v) is 7.59. The van der Waals surface area contributed by atoms with Crippen LogP contribution in [0.2, 0.25) is 0 Å². The molecular weight excluding hydrogens is 322 g/mol. The standard InChI is InChI=1S/C14H20BrN3O2/c15-11-4-1-5-12(13(11)14(16)17-20)18-7-2-3-10(9-18)6-8-19/h1,4-5,10,19-20H,2-3,6-9H2,(H2,16,17). The van der Waals surface area contributed by atoms with Gasteiger partial charge in [0, 0.05) is 29.9 Å². The molecule has 110 valence electrons. The molecule has 0 aromatic heterocycles. The lowest BCUT2D eigenvalue weighted by Crippen LogP contribution is -2.37. The number of nitrogens with two attached hydrogens (primary N) is 1. The third kappa shape index (κ3) is 3.24. The zero-order valence-corrected chi connectivity index (χ0v) is 12.9. The van der Waals surface area contributed by atoms with Crippen LogP contribution in [0.3, 0.4) is 0 Å². The summed E-state index contributed by atoms with van der Waals surface area (Å²) in [5, 5.41) is 21.2. The highest BCUT2D eigenvalue weighted by atomic mass is 79.9. The van der Waals surface area contributed by atoms with Crippen LogP contribution in [0.25, 0.3) is 0 Å².